The molecule has 18 heavy (non-hydrogen) atoms. The van der Waals surface area contributed by atoms with Crippen LogP contribution >= 0.6 is 0 Å². The number of nitrogens with zero attached hydrogens (tertiary/aromatic N) is 1. The van der Waals surface area contributed by atoms with Crippen molar-refractivity contribution in [1.82, 2.24) is 9.88 Å². The van der Waals surface area contributed by atoms with Gasteiger partial charge in [0.2, 0.25) is 0 Å². The Morgan fingerprint density at radius 2 is 2.17 bits per heavy atom. The number of hydrogen-bond donors (Lipinski definition) is 1. The molecule has 1 atom stereocenters. The number of nitrogens with one attached hydrogen (secondary N) is 1. The Bertz CT molecular complexity index is 565. The fraction of sp³-hybridized carbons (Fsp3) is 0.375. The highest BCUT2D eigenvalue weighted by molar-refractivity contribution is 5.83. The molecule has 0 radical (unpaired) electrons. The molecule has 1 N–H and O–H groups in total. The highest BCUT2D eigenvalue weighted by Crippen LogP contribution is 2.20. The molecule has 2 aromatic rings. The quantitative estimate of drug-likeness (QED) is 0.814. The lowest BCUT2D eigenvalue weighted by atomic mass is 10.0. The largest absolute Gasteiger partial charge is 0.350 e. The molecule has 0 bridgehead atoms. The Hall–Kier alpha value is -1.54. The standard InChI is InChI=1S/C16H20N2/c1-18-12-13(15-9-5-6-10-16(15)18)11-17-14-7-3-2-4-8-14/h2-3,5-6,9-10,12,14,17H,4,7-8,11H2,1H3. The van der Waals surface area contributed by atoms with Crippen molar-refractivity contribution in [2.75, 3.05) is 0 Å². The van der Waals surface area contributed by atoms with Gasteiger partial charge in [0.15, 0.2) is 0 Å². The van der Waals surface area contributed by atoms with Gasteiger partial charge in [0.05, 0.1) is 0 Å². The van der Waals surface area contributed by atoms with Crippen LogP contribution in [0.5, 0.6) is 0 Å². The van der Waals surface area contributed by atoms with Crippen LogP contribution in [0.4, 0.5) is 0 Å². The average molecular weight is 240 g/mol. The summed E-state index contributed by atoms with van der Waals surface area (Å²) in [6.45, 7) is 0.972. The van der Waals surface area contributed by atoms with E-state index in [1.807, 2.05) is 0 Å². The van der Waals surface area contributed by atoms with Gasteiger partial charge < -0.3 is 9.88 Å². The number of para-hydroxylation sites is 1. The molecule has 94 valence electrons. The van der Waals surface area contributed by atoms with Crippen molar-refractivity contribution in [1.29, 1.82) is 0 Å². The monoisotopic (exact) mass is 240 g/mol. The zero-order valence-corrected chi connectivity index (χ0v) is 10.9. The molecule has 2 heteroatoms. The number of fused-ring (bicyclic) bond motifs is 1. The third-order valence-corrected chi connectivity index (χ3v) is 3.83. The maximum atomic E-state index is 3.68. The summed E-state index contributed by atoms with van der Waals surface area (Å²) in [7, 11) is 2.12. The molecule has 0 saturated carbocycles. The topological polar surface area (TPSA) is 17.0 Å². The molecule has 0 amide bonds. The number of aryl methyl sites for hydroxylation is 1. The third-order valence-electron chi connectivity index (χ3n) is 3.83. The molecule has 1 aromatic heterocycles. The van der Waals surface area contributed by atoms with E-state index in [0.717, 1.165) is 6.54 Å². The first-order valence-electron chi connectivity index (χ1n) is 6.76. The molecular weight excluding hydrogens is 220 g/mol. The lowest BCUT2D eigenvalue weighted by molar-refractivity contribution is 0.475. The van der Waals surface area contributed by atoms with E-state index in [4.69, 9.17) is 0 Å². The fourth-order valence-electron chi connectivity index (χ4n) is 2.80. The van der Waals surface area contributed by atoms with E-state index in [2.05, 4.69) is 59.5 Å². The van der Waals surface area contributed by atoms with E-state index in [0.29, 0.717) is 6.04 Å². The van der Waals surface area contributed by atoms with Crippen LogP contribution in [0, 0.1) is 0 Å². The van der Waals surface area contributed by atoms with Crippen LogP contribution in [0.1, 0.15) is 24.8 Å². The molecule has 2 nitrogen and oxygen atoms in total. The molecule has 0 spiro atoms. The van der Waals surface area contributed by atoms with Crippen LogP contribution < -0.4 is 5.32 Å². The van der Waals surface area contributed by atoms with Crippen LogP contribution in [0.25, 0.3) is 10.9 Å². The van der Waals surface area contributed by atoms with E-state index >= 15 is 0 Å². The van der Waals surface area contributed by atoms with Crippen LogP contribution in [-0.2, 0) is 13.6 Å². The Morgan fingerprint density at radius 3 is 3.00 bits per heavy atom. The van der Waals surface area contributed by atoms with Gasteiger partial charge in [-0.1, -0.05) is 30.4 Å². The van der Waals surface area contributed by atoms with Crippen LogP contribution in [0.2, 0.25) is 0 Å². The molecule has 1 unspecified atom stereocenters. The van der Waals surface area contributed by atoms with Crippen molar-refractivity contribution in [3.8, 4) is 0 Å². The third kappa shape index (κ3) is 2.21. The summed E-state index contributed by atoms with van der Waals surface area (Å²) in [4.78, 5) is 0. The lowest BCUT2D eigenvalue weighted by Crippen LogP contribution is -2.29. The molecule has 1 aliphatic carbocycles. The van der Waals surface area contributed by atoms with E-state index < -0.39 is 0 Å². The van der Waals surface area contributed by atoms with Crippen LogP contribution in [0.15, 0.2) is 42.6 Å². The number of benzene rings is 1. The highest BCUT2D eigenvalue weighted by Gasteiger charge is 2.11. The second-order valence-corrected chi connectivity index (χ2v) is 5.14. The maximum Gasteiger partial charge on any atom is 0.0481 e. The van der Waals surface area contributed by atoms with Crippen LogP contribution in [0.3, 0.4) is 0 Å². The summed E-state index contributed by atoms with van der Waals surface area (Å²) in [6, 6.07) is 9.27. The summed E-state index contributed by atoms with van der Waals surface area (Å²) in [5, 5.41) is 5.05. The van der Waals surface area contributed by atoms with Gasteiger partial charge in [-0.15, -0.1) is 0 Å². The van der Waals surface area contributed by atoms with Crippen molar-refractivity contribution < 1.29 is 0 Å². The predicted octanol–water partition coefficient (Wildman–Crippen LogP) is 3.38. The Labute approximate surface area is 108 Å². The molecule has 1 aromatic carbocycles. The predicted molar refractivity (Wildman–Crippen MR) is 76.5 cm³/mol. The summed E-state index contributed by atoms with van der Waals surface area (Å²) < 4.78 is 2.22. The van der Waals surface area contributed by atoms with E-state index in [1.165, 1.54) is 35.7 Å². The van der Waals surface area contributed by atoms with Gasteiger partial charge in [-0.2, -0.15) is 0 Å². The summed E-state index contributed by atoms with van der Waals surface area (Å²) in [5.74, 6) is 0. The van der Waals surface area contributed by atoms with Gasteiger partial charge >= 0.3 is 0 Å². The molecule has 0 aliphatic heterocycles. The average Bonchev–Trinajstić information content (AvgIpc) is 2.75. The minimum atomic E-state index is 0.647. The van der Waals surface area contributed by atoms with Gasteiger partial charge in [0.1, 0.15) is 0 Å². The van der Waals surface area contributed by atoms with Gasteiger partial charge in [-0.05, 0) is 30.9 Å². The summed E-state index contributed by atoms with van der Waals surface area (Å²) in [6.07, 6.45) is 10.5. The molecule has 0 fully saturated rings. The van der Waals surface area contributed by atoms with Crippen molar-refractivity contribution in [3.05, 3.63) is 48.2 Å². The first-order chi connectivity index (χ1) is 8.84. The number of allylic oxidation sites excluding steroid dienone is 1. The summed E-state index contributed by atoms with van der Waals surface area (Å²) in [5.41, 5.74) is 2.72. The SMILES string of the molecule is Cn1cc(CNC2CC=CCC2)c2ccccc21. The lowest BCUT2D eigenvalue weighted by Gasteiger charge is -2.19. The van der Waals surface area contributed by atoms with E-state index in [-0.39, 0.29) is 0 Å². The van der Waals surface area contributed by atoms with Gasteiger partial charge in [-0.3, -0.25) is 0 Å². The Kier molecular flexibility index (Phi) is 3.20. The summed E-state index contributed by atoms with van der Waals surface area (Å²) >= 11 is 0. The number of aromatic nitrogens is 1. The number of rotatable bonds is 3. The number of hydrogen-bond acceptors (Lipinski definition) is 1. The zero-order chi connectivity index (χ0) is 12.4. The smallest absolute Gasteiger partial charge is 0.0481 e. The van der Waals surface area contributed by atoms with E-state index in [9.17, 15) is 0 Å². The first-order valence-corrected chi connectivity index (χ1v) is 6.76. The Morgan fingerprint density at radius 1 is 1.28 bits per heavy atom. The normalized spacial score (nSPS) is 19.5. The molecule has 1 aliphatic rings. The highest BCUT2D eigenvalue weighted by atomic mass is 14.9. The molecule has 3 rings (SSSR count). The second kappa shape index (κ2) is 4.99. The van der Waals surface area contributed by atoms with Gasteiger partial charge in [0, 0.05) is 36.7 Å². The minimum Gasteiger partial charge on any atom is -0.350 e. The van der Waals surface area contributed by atoms with Gasteiger partial charge in [0.25, 0.3) is 0 Å². The van der Waals surface area contributed by atoms with Crippen LogP contribution in [-0.4, -0.2) is 10.6 Å². The van der Waals surface area contributed by atoms with E-state index in [1.54, 1.807) is 0 Å². The Balaban J connectivity index is 1.76. The molecular formula is C16H20N2. The maximum absolute atomic E-state index is 3.68. The van der Waals surface area contributed by atoms with Gasteiger partial charge in [-0.25, -0.2) is 0 Å². The minimum absolute atomic E-state index is 0.647. The van der Waals surface area contributed by atoms with Crippen molar-refractivity contribution in [2.24, 2.45) is 7.05 Å². The van der Waals surface area contributed by atoms with Crippen molar-refractivity contribution in [3.63, 3.8) is 0 Å². The fourth-order valence-corrected chi connectivity index (χ4v) is 2.80. The molecule has 1 heterocycles. The van der Waals surface area contributed by atoms with Crippen molar-refractivity contribution in [2.45, 2.75) is 31.8 Å². The second-order valence-electron chi connectivity index (χ2n) is 5.14. The molecule has 0 saturated heterocycles. The van der Waals surface area contributed by atoms with Crippen molar-refractivity contribution >= 4 is 10.9 Å². The first kappa shape index (κ1) is 11.5. The zero-order valence-electron chi connectivity index (χ0n) is 10.9.